The molecule has 0 bridgehead atoms. The van der Waals surface area contributed by atoms with Gasteiger partial charge in [-0.25, -0.2) is 4.39 Å². The Morgan fingerprint density at radius 2 is 1.95 bits per heavy atom. The van der Waals surface area contributed by atoms with E-state index in [0.29, 0.717) is 4.90 Å². The number of hydrogen-bond donors (Lipinski definition) is 0. The third kappa shape index (κ3) is 3.02. The molecule has 114 valence electrons. The van der Waals surface area contributed by atoms with Crippen LogP contribution in [-0.4, -0.2) is 17.7 Å². The van der Waals surface area contributed by atoms with Gasteiger partial charge in [0, 0.05) is 16.6 Å². The predicted octanol–water partition coefficient (Wildman–Crippen LogP) is 4.29. The maximum Gasteiger partial charge on any atom is 0.237 e. The average Bonchev–Trinajstić information content (AvgIpc) is 2.53. The van der Waals surface area contributed by atoms with Gasteiger partial charge in [0.15, 0.2) is 0 Å². The van der Waals surface area contributed by atoms with Gasteiger partial charge in [-0.1, -0.05) is 30.3 Å². The number of carbonyl (C=O) groups excluding carboxylic acids is 1. The van der Waals surface area contributed by atoms with Gasteiger partial charge in [-0.15, -0.1) is 11.8 Å². The molecule has 0 fully saturated rings. The molecular formula is C18H18FNOS. The highest BCUT2D eigenvalue weighted by Crippen LogP contribution is 2.31. The van der Waals surface area contributed by atoms with Crippen molar-refractivity contribution in [2.75, 3.05) is 10.7 Å². The second-order valence-corrected chi connectivity index (χ2v) is 6.52. The van der Waals surface area contributed by atoms with Crippen LogP contribution >= 0.6 is 11.8 Å². The maximum atomic E-state index is 13.7. The minimum absolute atomic E-state index is 0.0351. The molecule has 1 aliphatic rings. The van der Waals surface area contributed by atoms with E-state index in [1.807, 2.05) is 23.1 Å². The van der Waals surface area contributed by atoms with Crippen molar-refractivity contribution >= 4 is 23.4 Å². The van der Waals surface area contributed by atoms with E-state index in [9.17, 15) is 9.18 Å². The van der Waals surface area contributed by atoms with Crippen LogP contribution in [0, 0.1) is 5.82 Å². The predicted molar refractivity (Wildman–Crippen MR) is 88.8 cm³/mol. The first-order valence-corrected chi connectivity index (χ1v) is 8.42. The normalized spacial score (nSPS) is 17.2. The third-order valence-corrected chi connectivity index (χ3v) is 5.01. The van der Waals surface area contributed by atoms with E-state index in [-0.39, 0.29) is 23.5 Å². The van der Waals surface area contributed by atoms with Crippen LogP contribution in [0.25, 0.3) is 0 Å². The number of nitrogens with zero attached hydrogens (tertiary/aromatic N) is 1. The molecule has 1 heterocycles. The molecule has 0 spiro atoms. The minimum Gasteiger partial charge on any atom is -0.309 e. The molecule has 1 atom stereocenters. The second-order valence-electron chi connectivity index (χ2n) is 5.50. The van der Waals surface area contributed by atoms with E-state index in [2.05, 4.69) is 13.0 Å². The number of hydrogen-bond acceptors (Lipinski definition) is 2. The van der Waals surface area contributed by atoms with Crippen LogP contribution in [-0.2, 0) is 11.2 Å². The molecule has 22 heavy (non-hydrogen) atoms. The zero-order valence-electron chi connectivity index (χ0n) is 12.5. The van der Waals surface area contributed by atoms with Crippen LogP contribution in [0.5, 0.6) is 0 Å². The molecule has 2 aromatic carbocycles. The Hall–Kier alpha value is -1.81. The monoisotopic (exact) mass is 315 g/mol. The van der Waals surface area contributed by atoms with Gasteiger partial charge in [-0.3, -0.25) is 4.79 Å². The first kappa shape index (κ1) is 15.1. The Balaban J connectivity index is 1.76. The first-order chi connectivity index (χ1) is 10.7. The fourth-order valence-electron chi connectivity index (χ4n) is 2.84. The fraction of sp³-hybridized carbons (Fsp3) is 0.278. The van der Waals surface area contributed by atoms with Gasteiger partial charge < -0.3 is 4.90 Å². The summed E-state index contributed by atoms with van der Waals surface area (Å²) in [5.41, 5.74) is 2.21. The Kier molecular flexibility index (Phi) is 4.48. The highest BCUT2D eigenvalue weighted by Gasteiger charge is 2.27. The van der Waals surface area contributed by atoms with Crippen LogP contribution in [0.2, 0.25) is 0 Å². The molecule has 1 aliphatic heterocycles. The van der Waals surface area contributed by atoms with Crippen LogP contribution in [0.1, 0.15) is 18.9 Å². The van der Waals surface area contributed by atoms with E-state index in [1.165, 1.54) is 23.4 Å². The lowest BCUT2D eigenvalue weighted by Crippen LogP contribution is -2.43. The minimum atomic E-state index is -0.271. The number of rotatable bonds is 3. The summed E-state index contributed by atoms with van der Waals surface area (Å²) < 4.78 is 13.7. The summed E-state index contributed by atoms with van der Waals surface area (Å²) in [6.45, 7) is 2.07. The molecular weight excluding hydrogens is 297 g/mol. The molecule has 0 radical (unpaired) electrons. The van der Waals surface area contributed by atoms with Crippen molar-refractivity contribution in [1.82, 2.24) is 0 Å². The van der Waals surface area contributed by atoms with Crippen molar-refractivity contribution < 1.29 is 9.18 Å². The summed E-state index contributed by atoms with van der Waals surface area (Å²) in [6, 6.07) is 14.8. The molecule has 0 saturated heterocycles. The molecule has 0 N–H and O–H groups in total. The molecule has 3 rings (SSSR count). The summed E-state index contributed by atoms with van der Waals surface area (Å²) in [4.78, 5) is 15.0. The van der Waals surface area contributed by atoms with Gasteiger partial charge >= 0.3 is 0 Å². The molecule has 2 nitrogen and oxygen atoms in total. The van der Waals surface area contributed by atoms with Crippen LogP contribution in [0.15, 0.2) is 53.4 Å². The Morgan fingerprint density at radius 1 is 1.23 bits per heavy atom. The van der Waals surface area contributed by atoms with E-state index >= 15 is 0 Å². The molecule has 0 aromatic heterocycles. The summed E-state index contributed by atoms with van der Waals surface area (Å²) in [7, 11) is 0. The molecule has 1 unspecified atom stereocenters. The molecule has 1 amide bonds. The van der Waals surface area contributed by atoms with Crippen molar-refractivity contribution in [3.8, 4) is 0 Å². The zero-order valence-corrected chi connectivity index (χ0v) is 13.3. The van der Waals surface area contributed by atoms with E-state index in [0.717, 1.165) is 18.5 Å². The van der Waals surface area contributed by atoms with E-state index < -0.39 is 0 Å². The summed E-state index contributed by atoms with van der Waals surface area (Å²) in [6.07, 6.45) is 1.97. The van der Waals surface area contributed by atoms with Crippen LogP contribution in [0.4, 0.5) is 10.1 Å². The topological polar surface area (TPSA) is 20.3 Å². The highest BCUT2D eigenvalue weighted by molar-refractivity contribution is 8.00. The summed E-state index contributed by atoms with van der Waals surface area (Å²) >= 11 is 1.26. The van der Waals surface area contributed by atoms with Crippen molar-refractivity contribution in [2.24, 2.45) is 0 Å². The van der Waals surface area contributed by atoms with Gasteiger partial charge in [-0.2, -0.15) is 0 Å². The number of halogens is 1. The standard InChI is InChI=1S/C18H18FNOS/c1-13-10-11-14-6-2-4-8-16(14)20(13)18(21)12-22-17-9-5-3-7-15(17)19/h2-9,13H,10-12H2,1H3. The van der Waals surface area contributed by atoms with E-state index in [4.69, 9.17) is 0 Å². The summed E-state index contributed by atoms with van der Waals surface area (Å²) in [5.74, 6) is 0.0138. The van der Waals surface area contributed by atoms with Gasteiger partial charge in [-0.05, 0) is 43.5 Å². The third-order valence-electron chi connectivity index (χ3n) is 3.98. The van der Waals surface area contributed by atoms with Gasteiger partial charge in [0.1, 0.15) is 5.82 Å². The lowest BCUT2D eigenvalue weighted by molar-refractivity contribution is -0.116. The van der Waals surface area contributed by atoms with Gasteiger partial charge in [0.2, 0.25) is 5.91 Å². The maximum absolute atomic E-state index is 13.7. The smallest absolute Gasteiger partial charge is 0.237 e. The molecule has 4 heteroatoms. The van der Waals surface area contributed by atoms with Crippen molar-refractivity contribution in [1.29, 1.82) is 0 Å². The molecule has 0 saturated carbocycles. The number of benzene rings is 2. The Labute approximate surface area is 134 Å². The Bertz CT molecular complexity index is 688. The molecule has 0 aliphatic carbocycles. The van der Waals surface area contributed by atoms with E-state index in [1.54, 1.807) is 18.2 Å². The number of anilines is 1. The number of thioether (sulfide) groups is 1. The number of amides is 1. The van der Waals surface area contributed by atoms with Crippen molar-refractivity contribution in [3.05, 3.63) is 59.9 Å². The second kappa shape index (κ2) is 6.53. The number of carbonyl (C=O) groups is 1. The SMILES string of the molecule is CC1CCc2ccccc2N1C(=O)CSc1ccccc1F. The molecule has 2 aromatic rings. The van der Waals surface area contributed by atoms with Gasteiger partial charge in [0.05, 0.1) is 5.75 Å². The summed E-state index contributed by atoms with van der Waals surface area (Å²) in [5, 5.41) is 0. The number of aryl methyl sites for hydroxylation is 1. The average molecular weight is 315 g/mol. The van der Waals surface area contributed by atoms with Crippen LogP contribution in [0.3, 0.4) is 0 Å². The largest absolute Gasteiger partial charge is 0.309 e. The zero-order chi connectivity index (χ0) is 15.5. The quantitative estimate of drug-likeness (QED) is 0.788. The lowest BCUT2D eigenvalue weighted by Gasteiger charge is -2.35. The Morgan fingerprint density at radius 3 is 2.77 bits per heavy atom. The fourth-order valence-corrected chi connectivity index (χ4v) is 3.64. The van der Waals surface area contributed by atoms with Gasteiger partial charge in [0.25, 0.3) is 0 Å². The van der Waals surface area contributed by atoms with Crippen molar-refractivity contribution in [2.45, 2.75) is 30.7 Å². The number of para-hydroxylation sites is 1. The lowest BCUT2D eigenvalue weighted by atomic mass is 9.97. The highest BCUT2D eigenvalue weighted by atomic mass is 32.2. The van der Waals surface area contributed by atoms with Crippen molar-refractivity contribution in [3.63, 3.8) is 0 Å². The number of fused-ring (bicyclic) bond motifs is 1. The first-order valence-electron chi connectivity index (χ1n) is 7.44. The van der Waals surface area contributed by atoms with Crippen LogP contribution < -0.4 is 4.90 Å².